The first-order chi connectivity index (χ1) is 11.5. The summed E-state index contributed by atoms with van der Waals surface area (Å²) in [7, 11) is 5.05. The van der Waals surface area contributed by atoms with E-state index in [4.69, 9.17) is 9.47 Å². The molecule has 6 heteroatoms. The molecule has 1 aliphatic heterocycles. The summed E-state index contributed by atoms with van der Waals surface area (Å²) >= 11 is 0. The summed E-state index contributed by atoms with van der Waals surface area (Å²) in [6, 6.07) is 0. The predicted molar refractivity (Wildman–Crippen MR) is 95.0 cm³/mol. The van der Waals surface area contributed by atoms with Gasteiger partial charge in [-0.15, -0.1) is 0 Å². The number of ether oxygens (including phenoxy) is 2. The maximum atomic E-state index is 11.9. The molecule has 2 aliphatic rings. The van der Waals surface area contributed by atoms with Gasteiger partial charge in [-0.2, -0.15) is 0 Å². The molecule has 0 spiro atoms. The minimum atomic E-state index is -0.118. The Kier molecular flexibility index (Phi) is 6.90. The van der Waals surface area contributed by atoms with E-state index in [1.165, 1.54) is 32.8 Å². The van der Waals surface area contributed by atoms with Crippen LogP contribution in [0.5, 0.6) is 0 Å². The zero-order valence-electron chi connectivity index (χ0n) is 15.6. The number of carbonyl (C=O) groups is 1. The summed E-state index contributed by atoms with van der Waals surface area (Å²) in [6.45, 7) is 5.36. The lowest BCUT2D eigenvalue weighted by Gasteiger charge is -2.31. The van der Waals surface area contributed by atoms with Crippen LogP contribution in [0.1, 0.15) is 39.0 Å². The van der Waals surface area contributed by atoms with Gasteiger partial charge in [0.2, 0.25) is 0 Å². The summed E-state index contributed by atoms with van der Waals surface area (Å²) in [6.07, 6.45) is 6.20. The fraction of sp³-hybridized carbons (Fsp3) is 0.889. The van der Waals surface area contributed by atoms with E-state index in [0.717, 1.165) is 32.1 Å². The number of nitrogens with one attached hydrogen (secondary N) is 1. The first-order valence-electron chi connectivity index (χ1n) is 9.07. The van der Waals surface area contributed by atoms with E-state index in [1.807, 2.05) is 7.05 Å². The molecule has 6 nitrogen and oxygen atoms in total. The lowest BCUT2D eigenvalue weighted by atomic mass is 9.83. The maximum absolute atomic E-state index is 11.9. The van der Waals surface area contributed by atoms with Gasteiger partial charge in [-0.05, 0) is 30.6 Å². The van der Waals surface area contributed by atoms with Gasteiger partial charge < -0.3 is 19.7 Å². The van der Waals surface area contributed by atoms with E-state index in [1.54, 1.807) is 7.11 Å². The molecule has 138 valence electrons. The van der Waals surface area contributed by atoms with Crippen molar-refractivity contribution in [1.29, 1.82) is 0 Å². The standard InChI is InChI=1S/C18H33N3O3/c1-14-11-21(12-15(14)16(22)24-4)17(19-2)20-13-18(9-10-23-3)7-5-6-8-18/h14-15H,5-13H2,1-4H3,(H,19,20). The van der Waals surface area contributed by atoms with Crippen LogP contribution in [-0.2, 0) is 14.3 Å². The molecule has 1 heterocycles. The van der Waals surface area contributed by atoms with Gasteiger partial charge in [0, 0.05) is 40.4 Å². The van der Waals surface area contributed by atoms with Crippen molar-refractivity contribution in [3.8, 4) is 0 Å². The topological polar surface area (TPSA) is 63.2 Å². The fourth-order valence-corrected chi connectivity index (χ4v) is 4.16. The van der Waals surface area contributed by atoms with Gasteiger partial charge in [-0.1, -0.05) is 19.8 Å². The van der Waals surface area contributed by atoms with Crippen molar-refractivity contribution in [1.82, 2.24) is 10.2 Å². The first-order valence-corrected chi connectivity index (χ1v) is 9.07. The number of methoxy groups -OCH3 is 2. The Hall–Kier alpha value is -1.30. The van der Waals surface area contributed by atoms with Crippen molar-refractivity contribution in [2.75, 3.05) is 47.5 Å². The molecule has 0 radical (unpaired) electrons. The molecule has 0 aromatic heterocycles. The summed E-state index contributed by atoms with van der Waals surface area (Å²) < 4.78 is 10.2. The molecule has 1 aliphatic carbocycles. The van der Waals surface area contributed by atoms with E-state index < -0.39 is 0 Å². The molecular formula is C18H33N3O3. The normalized spacial score (nSPS) is 26.7. The van der Waals surface area contributed by atoms with Crippen molar-refractivity contribution >= 4 is 11.9 Å². The minimum absolute atomic E-state index is 0.0671. The molecular weight excluding hydrogens is 306 g/mol. The van der Waals surface area contributed by atoms with Gasteiger partial charge in [-0.25, -0.2) is 0 Å². The molecule has 0 aromatic rings. The number of esters is 1. The number of rotatable bonds is 6. The highest BCUT2D eigenvalue weighted by atomic mass is 16.5. The first kappa shape index (κ1) is 19.0. The number of nitrogens with zero attached hydrogens (tertiary/aromatic N) is 2. The monoisotopic (exact) mass is 339 g/mol. The number of aliphatic imine (C=N–C) groups is 1. The van der Waals surface area contributed by atoms with Crippen molar-refractivity contribution in [3.05, 3.63) is 0 Å². The average Bonchev–Trinajstić information content (AvgIpc) is 3.20. The fourth-order valence-electron chi connectivity index (χ4n) is 4.16. The SMILES string of the molecule is CN=C(NCC1(CCOC)CCCC1)N1CC(C)C(C(=O)OC)C1. The third kappa shape index (κ3) is 4.41. The smallest absolute Gasteiger partial charge is 0.310 e. The lowest BCUT2D eigenvalue weighted by molar-refractivity contribution is -0.145. The predicted octanol–water partition coefficient (Wildman–Crippen LogP) is 1.90. The molecule has 0 amide bonds. The highest BCUT2D eigenvalue weighted by Gasteiger charge is 2.38. The summed E-state index contributed by atoms with van der Waals surface area (Å²) in [4.78, 5) is 18.5. The van der Waals surface area contributed by atoms with Crippen LogP contribution in [-0.4, -0.2) is 64.3 Å². The van der Waals surface area contributed by atoms with Gasteiger partial charge in [0.25, 0.3) is 0 Å². The van der Waals surface area contributed by atoms with Gasteiger partial charge in [-0.3, -0.25) is 9.79 Å². The maximum Gasteiger partial charge on any atom is 0.310 e. The quantitative estimate of drug-likeness (QED) is 0.455. The Morgan fingerprint density at radius 2 is 2.00 bits per heavy atom. The Balaban J connectivity index is 1.94. The van der Waals surface area contributed by atoms with Crippen LogP contribution in [0.15, 0.2) is 4.99 Å². The zero-order valence-corrected chi connectivity index (χ0v) is 15.6. The van der Waals surface area contributed by atoms with Crippen LogP contribution in [0.2, 0.25) is 0 Å². The van der Waals surface area contributed by atoms with Crippen molar-refractivity contribution in [3.63, 3.8) is 0 Å². The van der Waals surface area contributed by atoms with Crippen LogP contribution in [0.25, 0.3) is 0 Å². The lowest BCUT2D eigenvalue weighted by Crippen LogP contribution is -2.45. The molecule has 1 saturated carbocycles. The van der Waals surface area contributed by atoms with Crippen molar-refractivity contribution in [2.45, 2.75) is 39.0 Å². The van der Waals surface area contributed by atoms with Crippen LogP contribution in [0.4, 0.5) is 0 Å². The van der Waals surface area contributed by atoms with E-state index in [9.17, 15) is 4.79 Å². The third-order valence-corrected chi connectivity index (χ3v) is 5.75. The van der Waals surface area contributed by atoms with Crippen LogP contribution in [0.3, 0.4) is 0 Å². The van der Waals surface area contributed by atoms with Gasteiger partial charge in [0.1, 0.15) is 0 Å². The molecule has 1 saturated heterocycles. The second-order valence-electron chi connectivity index (χ2n) is 7.36. The van der Waals surface area contributed by atoms with E-state index >= 15 is 0 Å². The van der Waals surface area contributed by atoms with Gasteiger partial charge in [0.05, 0.1) is 13.0 Å². The largest absolute Gasteiger partial charge is 0.469 e. The molecule has 2 fully saturated rings. The number of guanidine groups is 1. The average molecular weight is 339 g/mol. The molecule has 0 aromatic carbocycles. The highest BCUT2D eigenvalue weighted by Crippen LogP contribution is 2.40. The zero-order chi connectivity index (χ0) is 17.6. The Morgan fingerprint density at radius 1 is 1.29 bits per heavy atom. The van der Waals surface area contributed by atoms with E-state index in [-0.39, 0.29) is 17.8 Å². The van der Waals surface area contributed by atoms with Gasteiger partial charge >= 0.3 is 5.97 Å². The minimum Gasteiger partial charge on any atom is -0.469 e. The molecule has 2 unspecified atom stereocenters. The molecule has 2 rings (SSSR count). The van der Waals surface area contributed by atoms with E-state index in [0.29, 0.717) is 12.0 Å². The summed E-state index contributed by atoms with van der Waals surface area (Å²) in [5.74, 6) is 0.997. The van der Waals surface area contributed by atoms with Crippen LogP contribution < -0.4 is 5.32 Å². The third-order valence-electron chi connectivity index (χ3n) is 5.75. The number of carbonyl (C=O) groups excluding carboxylic acids is 1. The molecule has 2 atom stereocenters. The second kappa shape index (κ2) is 8.70. The summed E-state index contributed by atoms with van der Waals surface area (Å²) in [5.41, 5.74) is 0.318. The Morgan fingerprint density at radius 3 is 2.58 bits per heavy atom. The number of hydrogen-bond donors (Lipinski definition) is 1. The highest BCUT2D eigenvalue weighted by molar-refractivity contribution is 5.82. The van der Waals surface area contributed by atoms with Crippen molar-refractivity contribution in [2.24, 2.45) is 22.2 Å². The van der Waals surface area contributed by atoms with Crippen LogP contribution >= 0.6 is 0 Å². The Bertz CT molecular complexity index is 447. The molecule has 0 bridgehead atoms. The van der Waals surface area contributed by atoms with Crippen molar-refractivity contribution < 1.29 is 14.3 Å². The summed E-state index contributed by atoms with van der Waals surface area (Å²) in [5, 5.41) is 3.57. The number of likely N-dealkylation sites (tertiary alicyclic amines) is 1. The Labute approximate surface area is 146 Å². The van der Waals surface area contributed by atoms with Gasteiger partial charge in [0.15, 0.2) is 5.96 Å². The van der Waals surface area contributed by atoms with Crippen LogP contribution in [0, 0.1) is 17.3 Å². The van der Waals surface area contributed by atoms with E-state index in [2.05, 4.69) is 22.1 Å². The number of hydrogen-bond acceptors (Lipinski definition) is 4. The molecule has 24 heavy (non-hydrogen) atoms. The second-order valence-corrected chi connectivity index (χ2v) is 7.36. The molecule has 1 N–H and O–H groups in total.